The molecule has 0 saturated heterocycles. The topological polar surface area (TPSA) is 80.9 Å². The summed E-state index contributed by atoms with van der Waals surface area (Å²) >= 11 is 6.37. The van der Waals surface area contributed by atoms with Gasteiger partial charge < -0.3 is 24.5 Å². The number of benzene rings is 2. The van der Waals surface area contributed by atoms with E-state index in [-0.39, 0.29) is 24.0 Å². The number of halogens is 2. The zero-order valence-electron chi connectivity index (χ0n) is 18.0. The van der Waals surface area contributed by atoms with Crippen LogP contribution in [0.25, 0.3) is 11.5 Å². The molecule has 0 radical (unpaired) electrons. The third kappa shape index (κ3) is 6.07. The van der Waals surface area contributed by atoms with Crippen LogP contribution in [-0.4, -0.2) is 31.2 Å². The highest BCUT2D eigenvalue weighted by molar-refractivity contribution is 14.0. The minimum atomic E-state index is 0. The summed E-state index contributed by atoms with van der Waals surface area (Å²) in [7, 11) is 1.72. The Morgan fingerprint density at radius 2 is 1.84 bits per heavy atom. The van der Waals surface area contributed by atoms with E-state index in [2.05, 4.69) is 20.6 Å². The van der Waals surface area contributed by atoms with Gasteiger partial charge >= 0.3 is 0 Å². The van der Waals surface area contributed by atoms with E-state index in [0.717, 1.165) is 23.2 Å². The zero-order valence-corrected chi connectivity index (χ0v) is 21.1. The van der Waals surface area contributed by atoms with Crippen LogP contribution in [0.2, 0.25) is 5.02 Å². The van der Waals surface area contributed by atoms with Crippen LogP contribution in [0, 0.1) is 6.92 Å². The predicted octanol–water partition coefficient (Wildman–Crippen LogP) is 4.95. The molecule has 0 fully saturated rings. The van der Waals surface area contributed by atoms with Gasteiger partial charge in [0.25, 0.3) is 0 Å². The predicted molar refractivity (Wildman–Crippen MR) is 136 cm³/mol. The molecule has 2 aromatic carbocycles. The molecule has 0 amide bonds. The average molecular weight is 569 g/mol. The largest absolute Gasteiger partial charge is 0.489 e. The quantitative estimate of drug-likeness (QED) is 0.258. The Bertz CT molecular complexity index is 1070. The molecule has 1 aliphatic rings. The van der Waals surface area contributed by atoms with Gasteiger partial charge in [0, 0.05) is 25.6 Å². The summed E-state index contributed by atoms with van der Waals surface area (Å²) in [6, 6.07) is 11.9. The lowest BCUT2D eigenvalue weighted by molar-refractivity contribution is 0.297. The molecule has 0 atom stereocenters. The molecular weight excluding hydrogens is 543 g/mol. The molecule has 0 saturated carbocycles. The average Bonchev–Trinajstić information content (AvgIpc) is 3.11. The van der Waals surface area contributed by atoms with Crippen molar-refractivity contribution in [2.45, 2.75) is 26.4 Å². The number of ether oxygens (including phenoxy) is 2. The lowest BCUT2D eigenvalue weighted by Gasteiger charge is -2.14. The Kier molecular flexibility index (Phi) is 8.63. The number of nitrogens with one attached hydrogen (secondary N) is 2. The molecule has 7 nitrogen and oxygen atoms in total. The molecule has 4 rings (SSSR count). The molecule has 1 aliphatic heterocycles. The second kappa shape index (κ2) is 11.4. The van der Waals surface area contributed by atoms with Gasteiger partial charge in [0.05, 0.1) is 30.5 Å². The van der Waals surface area contributed by atoms with Crippen molar-refractivity contribution < 1.29 is 13.9 Å². The van der Waals surface area contributed by atoms with E-state index in [9.17, 15) is 0 Å². The number of aliphatic imine (C=N–C) groups is 1. The van der Waals surface area contributed by atoms with Crippen LogP contribution in [-0.2, 0) is 13.1 Å². The molecule has 32 heavy (non-hydrogen) atoms. The van der Waals surface area contributed by atoms with E-state index in [1.807, 2.05) is 43.3 Å². The highest BCUT2D eigenvalue weighted by Crippen LogP contribution is 2.37. The van der Waals surface area contributed by atoms with E-state index >= 15 is 0 Å². The maximum atomic E-state index is 6.37. The van der Waals surface area contributed by atoms with Gasteiger partial charge in [0.2, 0.25) is 5.89 Å². The first kappa shape index (κ1) is 24.2. The summed E-state index contributed by atoms with van der Waals surface area (Å²) in [6.07, 6.45) is 2.49. The van der Waals surface area contributed by atoms with Crippen molar-refractivity contribution in [2.24, 2.45) is 4.99 Å². The molecule has 2 heterocycles. The van der Waals surface area contributed by atoms with Gasteiger partial charge in [0.15, 0.2) is 17.5 Å². The van der Waals surface area contributed by atoms with Crippen LogP contribution in [0.5, 0.6) is 11.5 Å². The zero-order chi connectivity index (χ0) is 21.6. The standard InChI is InChI=1S/C23H25ClN4O3.HI/c1-15-4-6-17(7-5-15)22-28-18(14-31-22)13-27-23(25-2)26-12-16-10-19(24)21-20(11-16)29-8-3-9-30-21;/h4-7,10-11,14H,3,8-9,12-13H2,1-2H3,(H2,25,26,27);1H. The lowest BCUT2D eigenvalue weighted by Crippen LogP contribution is -2.36. The van der Waals surface area contributed by atoms with Crippen LogP contribution in [0.4, 0.5) is 0 Å². The molecule has 2 N–H and O–H groups in total. The molecule has 0 aliphatic carbocycles. The third-order valence-corrected chi connectivity index (χ3v) is 5.11. The number of hydrogen-bond acceptors (Lipinski definition) is 5. The summed E-state index contributed by atoms with van der Waals surface area (Å²) in [5.41, 5.74) is 3.91. The molecule has 9 heteroatoms. The van der Waals surface area contributed by atoms with E-state index in [1.54, 1.807) is 13.3 Å². The number of hydrogen-bond donors (Lipinski definition) is 2. The molecule has 1 aromatic heterocycles. The maximum absolute atomic E-state index is 6.37. The molecular formula is C23H26ClIN4O3. The number of guanidine groups is 1. The number of nitrogens with zero attached hydrogens (tertiary/aromatic N) is 2. The molecule has 0 spiro atoms. The van der Waals surface area contributed by atoms with Crippen molar-refractivity contribution in [3.8, 4) is 23.0 Å². The Balaban J connectivity index is 0.00000289. The SMILES string of the molecule is CN=C(NCc1cc(Cl)c2c(c1)OCCCO2)NCc1coc(-c2ccc(C)cc2)n1.I. The third-order valence-electron chi connectivity index (χ3n) is 4.83. The van der Waals surface area contributed by atoms with E-state index in [0.29, 0.717) is 54.7 Å². The van der Waals surface area contributed by atoms with Crippen molar-refractivity contribution in [3.05, 3.63) is 64.5 Å². The number of oxazole rings is 1. The fourth-order valence-electron chi connectivity index (χ4n) is 3.18. The Hall–Kier alpha value is -2.46. The van der Waals surface area contributed by atoms with Gasteiger partial charge in [-0.2, -0.15) is 0 Å². The number of aromatic nitrogens is 1. The minimum absolute atomic E-state index is 0. The van der Waals surface area contributed by atoms with Gasteiger partial charge in [-0.1, -0.05) is 29.3 Å². The Morgan fingerprint density at radius 1 is 1.09 bits per heavy atom. The van der Waals surface area contributed by atoms with Crippen LogP contribution < -0.4 is 20.1 Å². The van der Waals surface area contributed by atoms with Crippen LogP contribution in [0.3, 0.4) is 0 Å². The van der Waals surface area contributed by atoms with Crippen molar-refractivity contribution in [3.63, 3.8) is 0 Å². The summed E-state index contributed by atoms with van der Waals surface area (Å²) in [5.74, 6) is 2.53. The first-order valence-electron chi connectivity index (χ1n) is 10.2. The highest BCUT2D eigenvalue weighted by atomic mass is 127. The fourth-order valence-corrected chi connectivity index (χ4v) is 3.47. The molecule has 3 aromatic rings. The fraction of sp³-hybridized carbons (Fsp3) is 0.304. The minimum Gasteiger partial charge on any atom is -0.489 e. The monoisotopic (exact) mass is 568 g/mol. The van der Waals surface area contributed by atoms with Gasteiger partial charge in [-0.25, -0.2) is 4.98 Å². The second-order valence-electron chi connectivity index (χ2n) is 7.24. The Morgan fingerprint density at radius 3 is 2.62 bits per heavy atom. The molecule has 170 valence electrons. The summed E-state index contributed by atoms with van der Waals surface area (Å²) in [4.78, 5) is 8.81. The van der Waals surface area contributed by atoms with Gasteiger partial charge in [-0.15, -0.1) is 24.0 Å². The van der Waals surface area contributed by atoms with Crippen LogP contribution in [0.1, 0.15) is 23.2 Å². The number of fused-ring (bicyclic) bond motifs is 1. The van der Waals surface area contributed by atoms with Crippen molar-refractivity contribution in [2.75, 3.05) is 20.3 Å². The molecule has 0 unspecified atom stereocenters. The van der Waals surface area contributed by atoms with Gasteiger partial charge in [-0.05, 0) is 36.8 Å². The van der Waals surface area contributed by atoms with E-state index in [4.69, 9.17) is 25.5 Å². The van der Waals surface area contributed by atoms with Crippen molar-refractivity contribution in [1.29, 1.82) is 0 Å². The molecule has 0 bridgehead atoms. The maximum Gasteiger partial charge on any atom is 0.226 e. The van der Waals surface area contributed by atoms with Crippen LogP contribution in [0.15, 0.2) is 52.1 Å². The normalized spacial score (nSPS) is 13.2. The van der Waals surface area contributed by atoms with E-state index < -0.39 is 0 Å². The smallest absolute Gasteiger partial charge is 0.226 e. The Labute approximate surface area is 209 Å². The number of rotatable bonds is 5. The van der Waals surface area contributed by atoms with Gasteiger partial charge in [-0.3, -0.25) is 4.99 Å². The van der Waals surface area contributed by atoms with Crippen LogP contribution >= 0.6 is 35.6 Å². The first-order chi connectivity index (χ1) is 15.1. The highest BCUT2D eigenvalue weighted by Gasteiger charge is 2.16. The van der Waals surface area contributed by atoms with E-state index in [1.165, 1.54) is 5.56 Å². The van der Waals surface area contributed by atoms with Crippen molar-refractivity contribution in [1.82, 2.24) is 15.6 Å². The number of aryl methyl sites for hydroxylation is 1. The summed E-state index contributed by atoms with van der Waals surface area (Å²) in [5, 5.41) is 7.07. The van der Waals surface area contributed by atoms with Gasteiger partial charge in [0.1, 0.15) is 6.26 Å². The summed E-state index contributed by atoms with van der Waals surface area (Å²) in [6.45, 7) is 4.29. The first-order valence-corrected chi connectivity index (χ1v) is 10.5. The summed E-state index contributed by atoms with van der Waals surface area (Å²) < 4.78 is 17.0. The second-order valence-corrected chi connectivity index (χ2v) is 7.65. The lowest BCUT2D eigenvalue weighted by atomic mass is 10.1. The van der Waals surface area contributed by atoms with Crippen molar-refractivity contribution >= 4 is 41.5 Å².